The van der Waals surface area contributed by atoms with Crippen molar-refractivity contribution in [1.29, 1.82) is 0 Å². The number of ether oxygens (including phenoxy) is 1. The minimum absolute atomic E-state index is 0.154. The maximum Gasteiger partial charge on any atom is 0.306 e. The van der Waals surface area contributed by atoms with Gasteiger partial charge in [0.2, 0.25) is 0 Å². The third-order valence-electron chi connectivity index (χ3n) is 6.35. The van der Waals surface area contributed by atoms with Crippen LogP contribution in [0.5, 0.6) is 5.75 Å². The molecule has 1 aliphatic carbocycles. The van der Waals surface area contributed by atoms with Crippen LogP contribution in [0.15, 0.2) is 42.5 Å². The number of carbonyl (C=O) groups is 1. The summed E-state index contributed by atoms with van der Waals surface area (Å²) in [4.78, 5) is 10.9. The topological polar surface area (TPSA) is 87.0 Å². The first kappa shape index (κ1) is 26.4. The highest BCUT2D eigenvalue weighted by molar-refractivity contribution is 5.68. The largest absolute Gasteiger partial charge is 0.494 e. The van der Waals surface area contributed by atoms with Crippen LogP contribution in [0.2, 0.25) is 0 Å². The summed E-state index contributed by atoms with van der Waals surface area (Å²) in [6, 6.07) is 9.96. The summed E-state index contributed by atoms with van der Waals surface area (Å²) in [5.74, 6) is 0.151. The smallest absolute Gasteiger partial charge is 0.306 e. The van der Waals surface area contributed by atoms with Gasteiger partial charge in [0.15, 0.2) is 0 Å². The highest BCUT2D eigenvalue weighted by Gasteiger charge is 2.35. The zero-order valence-corrected chi connectivity index (χ0v) is 19.5. The van der Waals surface area contributed by atoms with Crippen LogP contribution in [0.25, 0.3) is 0 Å². The van der Waals surface area contributed by atoms with Crippen molar-refractivity contribution in [1.82, 2.24) is 0 Å². The van der Waals surface area contributed by atoms with Gasteiger partial charge in [-0.1, -0.05) is 75.3 Å². The average molecular weight is 447 g/mol. The van der Waals surface area contributed by atoms with Crippen molar-refractivity contribution in [2.75, 3.05) is 6.61 Å². The van der Waals surface area contributed by atoms with E-state index in [1.807, 2.05) is 42.5 Å². The molecule has 0 aromatic heterocycles. The summed E-state index contributed by atoms with van der Waals surface area (Å²) in [5, 5.41) is 29.6. The van der Waals surface area contributed by atoms with Gasteiger partial charge in [-0.05, 0) is 56.6 Å². The molecule has 0 radical (unpaired) electrons. The number of hydrogen-bond acceptors (Lipinski definition) is 4. The van der Waals surface area contributed by atoms with Crippen molar-refractivity contribution in [3.8, 4) is 5.75 Å². The molecule has 3 atom stereocenters. The lowest BCUT2D eigenvalue weighted by atomic mass is 9.76. The van der Waals surface area contributed by atoms with Crippen LogP contribution >= 0.6 is 0 Å². The first-order valence-electron chi connectivity index (χ1n) is 12.5. The van der Waals surface area contributed by atoms with Crippen molar-refractivity contribution >= 4 is 5.97 Å². The normalized spacial score (nSPS) is 22.1. The van der Waals surface area contributed by atoms with E-state index < -0.39 is 17.7 Å². The van der Waals surface area contributed by atoms with Crippen molar-refractivity contribution in [3.05, 3.63) is 42.5 Å². The number of carboxylic acids is 1. The molecular weight excluding hydrogens is 404 g/mol. The molecule has 1 aliphatic rings. The molecule has 0 saturated heterocycles. The molecule has 3 N–H and O–H groups in total. The molecule has 32 heavy (non-hydrogen) atoms. The van der Waals surface area contributed by atoms with Gasteiger partial charge in [0.05, 0.1) is 24.7 Å². The predicted octanol–water partition coefficient (Wildman–Crippen LogP) is 5.89. The first-order chi connectivity index (χ1) is 15.5. The van der Waals surface area contributed by atoms with Gasteiger partial charge in [0.1, 0.15) is 5.75 Å². The number of unbranched alkanes of at least 4 members (excludes halogenated alkanes) is 7. The standard InChI is InChI=1S/C27H42O5/c28-24(18-17-23-13-12-19-27(31,21-23)22-26(29)30)14-8-5-3-1-2-4-6-11-20-32-25-15-9-7-10-16-25/h7,9-10,15-18,23-24,28,31H,1-6,8,11-14,19-22H2,(H,29,30). The van der Waals surface area contributed by atoms with Gasteiger partial charge in [0.25, 0.3) is 0 Å². The molecule has 0 heterocycles. The Morgan fingerprint density at radius 1 is 1.06 bits per heavy atom. The third kappa shape index (κ3) is 11.7. The Hall–Kier alpha value is -1.85. The second kappa shape index (κ2) is 15.1. The maximum absolute atomic E-state index is 10.9. The fourth-order valence-electron chi connectivity index (χ4n) is 4.60. The van der Waals surface area contributed by atoms with Crippen LogP contribution in [0, 0.1) is 5.92 Å². The molecule has 2 rings (SSSR count). The van der Waals surface area contributed by atoms with Gasteiger partial charge in [-0.15, -0.1) is 0 Å². The molecule has 1 saturated carbocycles. The van der Waals surface area contributed by atoms with E-state index in [1.165, 1.54) is 32.1 Å². The Morgan fingerprint density at radius 3 is 2.41 bits per heavy atom. The molecule has 1 aromatic rings. The SMILES string of the molecule is O=C(O)CC1(O)CCCC(C=CC(O)CCCCCCCCCCOc2ccccc2)C1. The van der Waals surface area contributed by atoms with Gasteiger partial charge < -0.3 is 20.1 Å². The fourth-order valence-corrected chi connectivity index (χ4v) is 4.60. The van der Waals surface area contributed by atoms with Crippen molar-refractivity contribution in [2.45, 2.75) is 102 Å². The molecule has 1 fully saturated rings. The average Bonchev–Trinajstić information content (AvgIpc) is 2.76. The van der Waals surface area contributed by atoms with Crippen LogP contribution < -0.4 is 4.74 Å². The molecule has 180 valence electrons. The molecule has 0 amide bonds. The van der Waals surface area contributed by atoms with Gasteiger partial charge in [-0.3, -0.25) is 4.79 Å². The van der Waals surface area contributed by atoms with Crippen LogP contribution in [0.4, 0.5) is 0 Å². The summed E-state index contributed by atoms with van der Waals surface area (Å²) in [7, 11) is 0. The Labute approximate surface area is 193 Å². The van der Waals surface area contributed by atoms with Crippen LogP contribution in [-0.4, -0.2) is 39.6 Å². The number of aliphatic hydroxyl groups is 2. The van der Waals surface area contributed by atoms with E-state index in [4.69, 9.17) is 9.84 Å². The number of aliphatic carboxylic acids is 1. The lowest BCUT2D eigenvalue weighted by molar-refractivity contribution is -0.144. The minimum Gasteiger partial charge on any atom is -0.494 e. The molecule has 5 heteroatoms. The molecule has 3 unspecified atom stereocenters. The van der Waals surface area contributed by atoms with Gasteiger partial charge in [-0.25, -0.2) is 0 Å². The minimum atomic E-state index is -1.10. The van der Waals surface area contributed by atoms with Crippen LogP contribution in [0.1, 0.15) is 89.9 Å². The van der Waals surface area contributed by atoms with Gasteiger partial charge >= 0.3 is 5.97 Å². The van der Waals surface area contributed by atoms with Crippen LogP contribution in [0.3, 0.4) is 0 Å². The number of aliphatic hydroxyl groups excluding tert-OH is 1. The van der Waals surface area contributed by atoms with E-state index in [0.29, 0.717) is 12.8 Å². The molecule has 0 aliphatic heterocycles. The second-order valence-electron chi connectivity index (χ2n) is 9.38. The monoisotopic (exact) mass is 446 g/mol. The number of allylic oxidation sites excluding steroid dienone is 1. The summed E-state index contributed by atoms with van der Waals surface area (Å²) >= 11 is 0. The number of carboxylic acid groups (broad SMARTS) is 1. The predicted molar refractivity (Wildman–Crippen MR) is 128 cm³/mol. The van der Waals surface area contributed by atoms with Gasteiger partial charge in [-0.2, -0.15) is 0 Å². The third-order valence-corrected chi connectivity index (χ3v) is 6.35. The van der Waals surface area contributed by atoms with Gasteiger partial charge in [0, 0.05) is 0 Å². The van der Waals surface area contributed by atoms with E-state index in [0.717, 1.165) is 50.9 Å². The lowest BCUT2D eigenvalue weighted by Crippen LogP contribution is -2.37. The van der Waals surface area contributed by atoms with E-state index in [1.54, 1.807) is 0 Å². The number of rotatable bonds is 16. The molecule has 0 bridgehead atoms. The molecule has 1 aromatic carbocycles. The zero-order chi connectivity index (χ0) is 23.1. The molecule has 5 nitrogen and oxygen atoms in total. The Balaban J connectivity index is 1.43. The number of hydrogen-bond donors (Lipinski definition) is 3. The Kier molecular flexibility index (Phi) is 12.4. The summed E-state index contributed by atoms with van der Waals surface area (Å²) in [5.41, 5.74) is -1.10. The number of para-hydroxylation sites is 1. The Bertz CT molecular complexity index is 659. The van der Waals surface area contributed by atoms with E-state index in [9.17, 15) is 15.0 Å². The summed E-state index contributed by atoms with van der Waals surface area (Å²) in [6.45, 7) is 0.787. The fraction of sp³-hybridized carbons (Fsp3) is 0.667. The van der Waals surface area contributed by atoms with E-state index in [-0.39, 0.29) is 12.3 Å². The summed E-state index contributed by atoms with van der Waals surface area (Å²) < 4.78 is 5.71. The second-order valence-corrected chi connectivity index (χ2v) is 9.38. The van der Waals surface area contributed by atoms with E-state index >= 15 is 0 Å². The highest BCUT2D eigenvalue weighted by atomic mass is 16.5. The maximum atomic E-state index is 10.9. The van der Waals surface area contributed by atoms with E-state index in [2.05, 4.69) is 0 Å². The quantitative estimate of drug-likeness (QED) is 0.218. The molecule has 0 spiro atoms. The Morgan fingerprint density at radius 2 is 1.72 bits per heavy atom. The first-order valence-corrected chi connectivity index (χ1v) is 12.5. The molecular formula is C27H42O5. The van der Waals surface area contributed by atoms with Crippen molar-refractivity contribution in [3.63, 3.8) is 0 Å². The zero-order valence-electron chi connectivity index (χ0n) is 19.5. The lowest BCUT2D eigenvalue weighted by Gasteiger charge is -2.34. The highest BCUT2D eigenvalue weighted by Crippen LogP contribution is 2.35. The van der Waals surface area contributed by atoms with Crippen molar-refractivity contribution in [2.24, 2.45) is 5.92 Å². The van der Waals surface area contributed by atoms with Crippen molar-refractivity contribution < 1.29 is 24.9 Å². The number of benzene rings is 1. The summed E-state index contributed by atoms with van der Waals surface area (Å²) in [6.07, 6.45) is 16.2. The van der Waals surface area contributed by atoms with Crippen LogP contribution in [-0.2, 0) is 4.79 Å².